The second kappa shape index (κ2) is 7.47. The van der Waals surface area contributed by atoms with E-state index >= 15 is 0 Å². The molecule has 0 atom stereocenters. The average molecular weight is 293 g/mol. The summed E-state index contributed by atoms with van der Waals surface area (Å²) in [5, 5.41) is 3.30. The van der Waals surface area contributed by atoms with Crippen LogP contribution in [0.1, 0.15) is 11.1 Å². The van der Waals surface area contributed by atoms with Gasteiger partial charge in [-0.15, -0.1) is 0 Å². The van der Waals surface area contributed by atoms with Crippen molar-refractivity contribution in [2.24, 2.45) is 0 Å². The van der Waals surface area contributed by atoms with Crippen LogP contribution in [0.3, 0.4) is 0 Å². The van der Waals surface area contributed by atoms with Crippen molar-refractivity contribution in [3.63, 3.8) is 0 Å². The van der Waals surface area contributed by atoms with E-state index < -0.39 is 0 Å². The predicted octanol–water partition coefficient (Wildman–Crippen LogP) is 6.47. The third-order valence-corrected chi connectivity index (χ3v) is 3.51. The first-order valence-electron chi connectivity index (χ1n) is 6.73. The van der Waals surface area contributed by atoms with Crippen molar-refractivity contribution in [1.29, 1.82) is 0 Å². The molecule has 3 aromatic rings. The highest BCUT2D eigenvalue weighted by molar-refractivity contribution is 6.32. The van der Waals surface area contributed by atoms with Crippen molar-refractivity contribution in [3.8, 4) is 0 Å². The molecule has 0 amide bonds. The van der Waals surface area contributed by atoms with Gasteiger partial charge in [-0.3, -0.25) is 0 Å². The molecule has 0 bridgehead atoms. The minimum absolute atomic E-state index is 0.757. The average Bonchev–Trinajstić information content (AvgIpc) is 2.55. The van der Waals surface area contributed by atoms with Crippen molar-refractivity contribution < 1.29 is 0 Å². The molecule has 0 radical (unpaired) electrons. The molecule has 0 heterocycles. The second-order valence-corrected chi connectivity index (χ2v) is 4.91. The highest BCUT2D eigenvalue weighted by Crippen LogP contribution is 2.18. The first-order valence-corrected chi connectivity index (χ1v) is 7.11. The molecule has 0 aromatic heterocycles. The summed E-state index contributed by atoms with van der Waals surface area (Å²) in [6.07, 6.45) is 3.63. The Morgan fingerprint density at radius 2 is 1.24 bits per heavy atom. The topological polar surface area (TPSA) is 0 Å². The zero-order chi connectivity index (χ0) is 15.1. The maximum atomic E-state index is 5.75. The lowest BCUT2D eigenvalue weighted by atomic mass is 10.1. The molecule has 0 aliphatic rings. The standard InChI is InChI=1S/C12H10.C8H7Cl/c1-2-10-7-5-8-11-6-3-4-9-12(10)11;1-2-7-5-3-4-6-8(7)9/h2-9H,1H2;2-6H,1H2. The Kier molecular flexibility index (Phi) is 5.36. The molecule has 0 spiro atoms. The summed E-state index contributed by atoms with van der Waals surface area (Å²) in [7, 11) is 0. The summed E-state index contributed by atoms with van der Waals surface area (Å²) in [4.78, 5) is 0. The molecule has 0 saturated heterocycles. The van der Waals surface area contributed by atoms with Crippen LogP contribution in [0, 0.1) is 0 Å². The zero-order valence-electron chi connectivity index (χ0n) is 11.8. The van der Waals surface area contributed by atoms with E-state index in [0.29, 0.717) is 0 Å². The van der Waals surface area contributed by atoms with E-state index in [-0.39, 0.29) is 0 Å². The Bertz CT molecular complexity index is 751. The SMILES string of the molecule is C=Cc1cccc2ccccc12.C=Cc1ccccc1Cl. The molecule has 3 aromatic carbocycles. The van der Waals surface area contributed by atoms with Gasteiger partial charge in [0.25, 0.3) is 0 Å². The maximum Gasteiger partial charge on any atom is 0.0478 e. The van der Waals surface area contributed by atoms with Crippen LogP contribution in [0.4, 0.5) is 0 Å². The fourth-order valence-corrected chi connectivity index (χ4v) is 2.28. The molecule has 3 rings (SSSR count). The normalized spacial score (nSPS) is 9.57. The number of benzene rings is 3. The molecule has 0 N–H and O–H groups in total. The van der Waals surface area contributed by atoms with Crippen molar-refractivity contribution in [2.75, 3.05) is 0 Å². The minimum Gasteiger partial charge on any atom is -0.0984 e. The third kappa shape index (κ3) is 3.84. The summed E-state index contributed by atoms with van der Waals surface area (Å²) < 4.78 is 0. The van der Waals surface area contributed by atoms with Crippen LogP contribution in [0.25, 0.3) is 22.9 Å². The summed E-state index contributed by atoms with van der Waals surface area (Å²) >= 11 is 5.75. The summed E-state index contributed by atoms with van der Waals surface area (Å²) in [6.45, 7) is 7.39. The van der Waals surface area contributed by atoms with Gasteiger partial charge >= 0.3 is 0 Å². The fraction of sp³-hybridized carbons (Fsp3) is 0. The van der Waals surface area contributed by atoms with Crippen molar-refractivity contribution in [3.05, 3.63) is 96.0 Å². The van der Waals surface area contributed by atoms with Crippen molar-refractivity contribution in [2.45, 2.75) is 0 Å². The highest BCUT2D eigenvalue weighted by atomic mass is 35.5. The van der Waals surface area contributed by atoms with Crippen LogP contribution in [-0.2, 0) is 0 Å². The van der Waals surface area contributed by atoms with Crippen LogP contribution in [0.2, 0.25) is 5.02 Å². The van der Waals surface area contributed by atoms with Crippen molar-refractivity contribution in [1.82, 2.24) is 0 Å². The second-order valence-electron chi connectivity index (χ2n) is 4.50. The molecule has 0 aliphatic heterocycles. The van der Waals surface area contributed by atoms with E-state index in [4.69, 9.17) is 11.6 Å². The van der Waals surface area contributed by atoms with Gasteiger partial charge in [0.05, 0.1) is 0 Å². The molecule has 0 unspecified atom stereocenters. The van der Waals surface area contributed by atoms with Gasteiger partial charge in [-0.05, 0) is 28.0 Å². The van der Waals surface area contributed by atoms with E-state index in [1.54, 1.807) is 6.08 Å². The van der Waals surface area contributed by atoms with Crippen LogP contribution < -0.4 is 0 Å². The van der Waals surface area contributed by atoms with Gasteiger partial charge in [-0.1, -0.05) is 97.6 Å². The summed E-state index contributed by atoms with van der Waals surface area (Å²) in [6, 6.07) is 22.2. The van der Waals surface area contributed by atoms with Gasteiger partial charge in [0.15, 0.2) is 0 Å². The lowest BCUT2D eigenvalue weighted by Crippen LogP contribution is -1.75. The summed E-state index contributed by atoms with van der Waals surface area (Å²) in [5.41, 5.74) is 2.19. The van der Waals surface area contributed by atoms with Crippen molar-refractivity contribution >= 4 is 34.5 Å². The Morgan fingerprint density at radius 1 is 0.667 bits per heavy atom. The first kappa shape index (κ1) is 15.1. The van der Waals surface area contributed by atoms with E-state index in [2.05, 4.69) is 55.6 Å². The molecule has 21 heavy (non-hydrogen) atoms. The van der Waals surface area contributed by atoms with Gasteiger partial charge in [0.2, 0.25) is 0 Å². The molecular weight excluding hydrogens is 276 g/mol. The Morgan fingerprint density at radius 3 is 1.90 bits per heavy atom. The van der Waals surface area contributed by atoms with Gasteiger partial charge in [-0.2, -0.15) is 0 Å². The molecule has 0 saturated carbocycles. The van der Waals surface area contributed by atoms with E-state index in [9.17, 15) is 0 Å². The quantitative estimate of drug-likeness (QED) is 0.508. The lowest BCUT2D eigenvalue weighted by molar-refractivity contribution is 1.66. The molecule has 0 fully saturated rings. The molecular formula is C20H17Cl. The molecule has 1 heteroatoms. The largest absolute Gasteiger partial charge is 0.0984 e. The van der Waals surface area contributed by atoms with Gasteiger partial charge in [-0.25, -0.2) is 0 Å². The van der Waals surface area contributed by atoms with Crippen LogP contribution in [0.15, 0.2) is 79.9 Å². The Balaban J connectivity index is 0.000000161. The lowest BCUT2D eigenvalue weighted by Gasteiger charge is -1.99. The van der Waals surface area contributed by atoms with Gasteiger partial charge < -0.3 is 0 Å². The van der Waals surface area contributed by atoms with Crippen LogP contribution in [-0.4, -0.2) is 0 Å². The maximum absolute atomic E-state index is 5.75. The van der Waals surface area contributed by atoms with E-state index in [1.165, 1.54) is 16.3 Å². The predicted molar refractivity (Wildman–Crippen MR) is 95.6 cm³/mol. The Hall–Kier alpha value is -2.31. The Labute approximate surface area is 131 Å². The number of fused-ring (bicyclic) bond motifs is 1. The smallest absolute Gasteiger partial charge is 0.0478 e. The number of hydrogen-bond acceptors (Lipinski definition) is 0. The van der Waals surface area contributed by atoms with Crippen LogP contribution in [0.5, 0.6) is 0 Å². The highest BCUT2D eigenvalue weighted by Gasteiger charge is 1.93. The first-order chi connectivity index (χ1) is 10.3. The number of hydrogen-bond donors (Lipinski definition) is 0. The van der Waals surface area contributed by atoms with Crippen LogP contribution >= 0.6 is 11.6 Å². The van der Waals surface area contributed by atoms with E-state index in [1.807, 2.05) is 30.3 Å². The van der Waals surface area contributed by atoms with Gasteiger partial charge in [0, 0.05) is 5.02 Å². The summed E-state index contributed by atoms with van der Waals surface area (Å²) in [5.74, 6) is 0. The zero-order valence-corrected chi connectivity index (χ0v) is 12.6. The monoisotopic (exact) mass is 292 g/mol. The minimum atomic E-state index is 0.757. The number of rotatable bonds is 2. The van der Waals surface area contributed by atoms with Gasteiger partial charge in [0.1, 0.15) is 0 Å². The fourth-order valence-electron chi connectivity index (χ4n) is 2.07. The third-order valence-electron chi connectivity index (χ3n) is 3.17. The molecule has 0 nitrogen and oxygen atoms in total. The molecule has 0 aliphatic carbocycles. The molecule has 104 valence electrons. The number of halogens is 1. The van der Waals surface area contributed by atoms with E-state index in [0.717, 1.165) is 10.6 Å².